The summed E-state index contributed by atoms with van der Waals surface area (Å²) in [4.78, 5) is 11.5. The Bertz CT molecular complexity index is 393. The number of hydrogen-bond donors (Lipinski definition) is 3. The van der Waals surface area contributed by atoms with Crippen molar-refractivity contribution in [2.75, 3.05) is 13.1 Å². The molecule has 0 aliphatic heterocycles. The number of benzene rings is 1. The van der Waals surface area contributed by atoms with Gasteiger partial charge in [0.25, 0.3) is 0 Å². The third-order valence-corrected chi connectivity index (χ3v) is 3.22. The minimum absolute atomic E-state index is 0.326. The molecule has 0 bridgehead atoms. The Kier molecular flexibility index (Phi) is 7.26. The van der Waals surface area contributed by atoms with Crippen molar-refractivity contribution in [3.05, 3.63) is 35.9 Å². The molecule has 0 fully saturated rings. The molecular formula is C16H26N2O2. The van der Waals surface area contributed by atoms with Gasteiger partial charge < -0.3 is 16.2 Å². The molecule has 4 nitrogen and oxygen atoms in total. The van der Waals surface area contributed by atoms with Crippen LogP contribution in [0.4, 0.5) is 0 Å². The van der Waals surface area contributed by atoms with Crippen molar-refractivity contribution < 1.29 is 9.90 Å². The molecule has 0 unspecified atom stereocenters. The van der Waals surface area contributed by atoms with Gasteiger partial charge in [-0.05, 0) is 30.9 Å². The maximum Gasteiger partial charge on any atom is 0.220 e. The summed E-state index contributed by atoms with van der Waals surface area (Å²) in [6, 6.07) is 9.76. The van der Waals surface area contributed by atoms with E-state index in [1.54, 1.807) is 0 Å². The second-order valence-electron chi connectivity index (χ2n) is 5.73. The van der Waals surface area contributed by atoms with Crippen molar-refractivity contribution >= 4 is 5.91 Å². The second-order valence-corrected chi connectivity index (χ2v) is 5.73. The van der Waals surface area contributed by atoms with Crippen molar-refractivity contribution in [2.24, 2.45) is 17.6 Å². The van der Waals surface area contributed by atoms with Gasteiger partial charge in [0.05, 0.1) is 6.10 Å². The van der Waals surface area contributed by atoms with Crippen molar-refractivity contribution in [1.82, 2.24) is 5.32 Å². The molecule has 0 aliphatic rings. The van der Waals surface area contributed by atoms with Crippen LogP contribution >= 0.6 is 0 Å². The zero-order chi connectivity index (χ0) is 15.0. The number of nitrogens with one attached hydrogen (secondary N) is 1. The van der Waals surface area contributed by atoms with Gasteiger partial charge in [-0.15, -0.1) is 0 Å². The number of aliphatic hydroxyl groups is 1. The Morgan fingerprint density at radius 2 is 1.90 bits per heavy atom. The lowest BCUT2D eigenvalue weighted by molar-refractivity contribution is -0.122. The van der Waals surface area contributed by atoms with Crippen molar-refractivity contribution in [3.63, 3.8) is 0 Å². The maximum atomic E-state index is 11.5. The third-order valence-electron chi connectivity index (χ3n) is 3.22. The molecule has 20 heavy (non-hydrogen) atoms. The molecule has 0 aliphatic carbocycles. The zero-order valence-corrected chi connectivity index (χ0v) is 12.4. The van der Waals surface area contributed by atoms with E-state index in [4.69, 9.17) is 5.73 Å². The second kappa shape index (κ2) is 8.72. The average molecular weight is 278 g/mol. The van der Waals surface area contributed by atoms with Crippen LogP contribution in [0.3, 0.4) is 0 Å². The van der Waals surface area contributed by atoms with E-state index in [9.17, 15) is 9.90 Å². The number of hydrogen-bond acceptors (Lipinski definition) is 3. The molecule has 0 saturated heterocycles. The van der Waals surface area contributed by atoms with Crippen LogP contribution in [0.15, 0.2) is 30.3 Å². The Morgan fingerprint density at radius 1 is 1.25 bits per heavy atom. The molecule has 0 aromatic heterocycles. The normalized spacial score (nSPS) is 14.2. The van der Waals surface area contributed by atoms with Gasteiger partial charge in [0.2, 0.25) is 5.91 Å². The fourth-order valence-corrected chi connectivity index (χ4v) is 2.15. The van der Waals surface area contributed by atoms with E-state index in [-0.39, 0.29) is 11.8 Å². The maximum absolute atomic E-state index is 11.5. The summed E-state index contributed by atoms with van der Waals surface area (Å²) in [6.07, 6.45) is 0.433. The Labute approximate surface area is 121 Å². The summed E-state index contributed by atoms with van der Waals surface area (Å²) in [5.74, 6) is -0.136. The molecule has 0 saturated carbocycles. The molecule has 0 radical (unpaired) electrons. The van der Waals surface area contributed by atoms with Crippen LogP contribution in [0.5, 0.6) is 0 Å². The lowest BCUT2D eigenvalue weighted by Gasteiger charge is -2.18. The van der Waals surface area contributed by atoms with E-state index in [0.29, 0.717) is 25.3 Å². The molecule has 0 heterocycles. The number of carbonyl (C=O) groups excluding carboxylic acids is 1. The molecule has 4 N–H and O–H groups in total. The van der Waals surface area contributed by atoms with Gasteiger partial charge in [-0.3, -0.25) is 4.79 Å². The first-order chi connectivity index (χ1) is 9.49. The molecular weight excluding hydrogens is 252 g/mol. The molecule has 4 heteroatoms. The molecule has 1 rings (SSSR count). The summed E-state index contributed by atoms with van der Waals surface area (Å²) in [7, 11) is 0. The Morgan fingerprint density at radius 3 is 2.45 bits per heavy atom. The van der Waals surface area contributed by atoms with E-state index < -0.39 is 6.10 Å². The molecule has 0 spiro atoms. The van der Waals surface area contributed by atoms with E-state index in [2.05, 4.69) is 19.2 Å². The predicted octanol–water partition coefficient (Wildman–Crippen LogP) is 1.33. The molecule has 112 valence electrons. The first kappa shape index (κ1) is 16.7. The largest absolute Gasteiger partial charge is 0.392 e. The fraction of sp³-hybridized carbons (Fsp3) is 0.562. The van der Waals surface area contributed by atoms with Crippen LogP contribution in [0.1, 0.15) is 25.8 Å². The van der Waals surface area contributed by atoms with Crippen LogP contribution in [-0.2, 0) is 11.2 Å². The van der Waals surface area contributed by atoms with E-state index in [1.807, 2.05) is 30.3 Å². The number of aliphatic hydroxyl groups excluding tert-OH is 1. The highest BCUT2D eigenvalue weighted by atomic mass is 16.3. The molecule has 2 atom stereocenters. The fourth-order valence-electron chi connectivity index (χ4n) is 2.15. The van der Waals surface area contributed by atoms with Gasteiger partial charge in [-0.1, -0.05) is 44.2 Å². The predicted molar refractivity (Wildman–Crippen MR) is 81.2 cm³/mol. The van der Waals surface area contributed by atoms with E-state index >= 15 is 0 Å². The summed E-state index contributed by atoms with van der Waals surface area (Å²) in [5, 5.41) is 13.2. The summed E-state index contributed by atoms with van der Waals surface area (Å²) >= 11 is 0. The van der Waals surface area contributed by atoms with Crippen LogP contribution in [0, 0.1) is 11.8 Å². The summed E-state index contributed by atoms with van der Waals surface area (Å²) in [5.41, 5.74) is 6.51. The number of amides is 1. The van der Waals surface area contributed by atoms with Gasteiger partial charge in [-0.25, -0.2) is 0 Å². The van der Waals surface area contributed by atoms with E-state index in [0.717, 1.165) is 12.1 Å². The highest BCUT2D eigenvalue weighted by Crippen LogP contribution is 2.14. The lowest BCUT2D eigenvalue weighted by atomic mass is 9.93. The molecule has 1 aromatic rings. The number of carbonyl (C=O) groups is 1. The van der Waals surface area contributed by atoms with Gasteiger partial charge in [0, 0.05) is 12.5 Å². The topological polar surface area (TPSA) is 75.3 Å². The first-order valence-electron chi connectivity index (χ1n) is 7.21. The SMILES string of the molecule is CC(C)CNC[C@@H](O)C[C@@H](Cc1ccccc1)C(N)=O. The summed E-state index contributed by atoms with van der Waals surface area (Å²) in [6.45, 7) is 5.58. The van der Waals surface area contributed by atoms with E-state index in [1.165, 1.54) is 0 Å². The first-order valence-corrected chi connectivity index (χ1v) is 7.21. The Balaban J connectivity index is 2.44. The quantitative estimate of drug-likeness (QED) is 0.638. The smallest absolute Gasteiger partial charge is 0.220 e. The highest BCUT2D eigenvalue weighted by Gasteiger charge is 2.20. The van der Waals surface area contributed by atoms with Gasteiger partial charge in [-0.2, -0.15) is 0 Å². The van der Waals surface area contributed by atoms with Gasteiger partial charge in [0.1, 0.15) is 0 Å². The summed E-state index contributed by atoms with van der Waals surface area (Å²) < 4.78 is 0. The Hall–Kier alpha value is -1.39. The highest BCUT2D eigenvalue weighted by molar-refractivity contribution is 5.77. The van der Waals surface area contributed by atoms with Crippen molar-refractivity contribution in [2.45, 2.75) is 32.8 Å². The molecule has 1 amide bonds. The third kappa shape index (κ3) is 6.68. The monoisotopic (exact) mass is 278 g/mol. The number of primary amides is 1. The van der Waals surface area contributed by atoms with Crippen LogP contribution in [-0.4, -0.2) is 30.2 Å². The number of rotatable bonds is 9. The molecule has 1 aromatic carbocycles. The lowest BCUT2D eigenvalue weighted by Crippen LogP contribution is -2.35. The van der Waals surface area contributed by atoms with Gasteiger partial charge >= 0.3 is 0 Å². The zero-order valence-electron chi connectivity index (χ0n) is 12.4. The average Bonchev–Trinajstić information content (AvgIpc) is 2.38. The van der Waals surface area contributed by atoms with Crippen LogP contribution in [0.2, 0.25) is 0 Å². The minimum Gasteiger partial charge on any atom is -0.392 e. The van der Waals surface area contributed by atoms with Crippen molar-refractivity contribution in [1.29, 1.82) is 0 Å². The number of nitrogens with two attached hydrogens (primary N) is 1. The van der Waals surface area contributed by atoms with Gasteiger partial charge in [0.15, 0.2) is 0 Å². The van der Waals surface area contributed by atoms with Crippen molar-refractivity contribution in [3.8, 4) is 0 Å². The standard InChI is InChI=1S/C16H26N2O2/c1-12(2)10-18-11-15(19)9-14(16(17)20)8-13-6-4-3-5-7-13/h3-7,12,14-15,18-19H,8-11H2,1-2H3,(H2,17,20)/t14-,15+/m1/s1. The minimum atomic E-state index is -0.546. The van der Waals surface area contributed by atoms with Crippen LogP contribution < -0.4 is 11.1 Å². The van der Waals surface area contributed by atoms with Crippen LogP contribution in [0.25, 0.3) is 0 Å².